The summed E-state index contributed by atoms with van der Waals surface area (Å²) in [5.41, 5.74) is 1.05. The highest BCUT2D eigenvalue weighted by atomic mass is 16.3. The Balaban J connectivity index is 2.60. The molecule has 0 fully saturated rings. The zero-order chi connectivity index (χ0) is 11.3. The Morgan fingerprint density at radius 1 is 1.33 bits per heavy atom. The smallest absolute Gasteiger partial charge is 0.115 e. The third kappa shape index (κ3) is 4.01. The highest BCUT2D eigenvalue weighted by molar-refractivity contribution is 5.27. The standard InChI is InChI=1S/C12H16N2O/c1-9(2)14-11(8-13)7-10-3-5-12(15)6-4-10/h3-6,9,11,14-15H,7H2,1-2H3. The Labute approximate surface area is 90.4 Å². The molecule has 0 saturated heterocycles. The maximum atomic E-state index is 9.11. The van der Waals surface area contributed by atoms with Gasteiger partial charge in [0.25, 0.3) is 0 Å². The van der Waals surface area contributed by atoms with Crippen LogP contribution in [0.15, 0.2) is 24.3 Å². The normalized spacial score (nSPS) is 12.4. The highest BCUT2D eigenvalue weighted by Crippen LogP contribution is 2.11. The molecule has 3 heteroatoms. The Morgan fingerprint density at radius 3 is 2.40 bits per heavy atom. The average Bonchev–Trinajstić information content (AvgIpc) is 2.19. The van der Waals surface area contributed by atoms with Crippen LogP contribution in [-0.4, -0.2) is 17.2 Å². The van der Waals surface area contributed by atoms with Crippen molar-refractivity contribution in [1.29, 1.82) is 5.26 Å². The maximum Gasteiger partial charge on any atom is 0.115 e. The van der Waals surface area contributed by atoms with E-state index < -0.39 is 0 Å². The van der Waals surface area contributed by atoms with Gasteiger partial charge in [-0.15, -0.1) is 0 Å². The fourth-order valence-corrected chi connectivity index (χ4v) is 1.41. The number of benzene rings is 1. The molecule has 0 amide bonds. The summed E-state index contributed by atoms with van der Waals surface area (Å²) in [6.45, 7) is 4.03. The van der Waals surface area contributed by atoms with Crippen molar-refractivity contribution in [3.05, 3.63) is 29.8 Å². The van der Waals surface area contributed by atoms with Gasteiger partial charge in [-0.1, -0.05) is 12.1 Å². The van der Waals surface area contributed by atoms with Crippen molar-refractivity contribution in [2.75, 3.05) is 0 Å². The molecule has 1 aromatic carbocycles. The molecule has 0 radical (unpaired) electrons. The lowest BCUT2D eigenvalue weighted by molar-refractivity contribution is 0.474. The number of nitriles is 1. The maximum absolute atomic E-state index is 9.11. The molecule has 0 aliphatic rings. The van der Waals surface area contributed by atoms with E-state index in [-0.39, 0.29) is 11.8 Å². The van der Waals surface area contributed by atoms with Crippen LogP contribution in [0.5, 0.6) is 5.75 Å². The minimum atomic E-state index is -0.172. The SMILES string of the molecule is CC(C)NC(C#N)Cc1ccc(O)cc1. The van der Waals surface area contributed by atoms with Gasteiger partial charge in [0, 0.05) is 12.5 Å². The molecule has 1 rings (SSSR count). The molecule has 0 aromatic heterocycles. The summed E-state index contributed by atoms with van der Waals surface area (Å²) in [5, 5.41) is 21.2. The Kier molecular flexibility index (Phi) is 4.14. The van der Waals surface area contributed by atoms with Gasteiger partial charge in [-0.05, 0) is 31.5 Å². The first-order valence-electron chi connectivity index (χ1n) is 5.05. The zero-order valence-electron chi connectivity index (χ0n) is 9.07. The summed E-state index contributed by atoms with van der Waals surface area (Å²) in [5.74, 6) is 0.254. The molecule has 0 saturated carbocycles. The minimum absolute atomic E-state index is 0.172. The van der Waals surface area contributed by atoms with Crippen molar-refractivity contribution in [2.24, 2.45) is 0 Å². The molecule has 2 N–H and O–H groups in total. The number of phenolic OH excluding ortho intramolecular Hbond substituents is 1. The van der Waals surface area contributed by atoms with Crippen LogP contribution in [0.3, 0.4) is 0 Å². The minimum Gasteiger partial charge on any atom is -0.508 e. The van der Waals surface area contributed by atoms with Gasteiger partial charge in [-0.25, -0.2) is 0 Å². The molecule has 0 aliphatic heterocycles. The van der Waals surface area contributed by atoms with E-state index in [9.17, 15) is 0 Å². The van der Waals surface area contributed by atoms with E-state index in [4.69, 9.17) is 10.4 Å². The van der Waals surface area contributed by atoms with Gasteiger partial charge in [0.2, 0.25) is 0 Å². The van der Waals surface area contributed by atoms with E-state index in [1.54, 1.807) is 12.1 Å². The van der Waals surface area contributed by atoms with Crippen LogP contribution in [-0.2, 0) is 6.42 Å². The van der Waals surface area contributed by atoms with Crippen molar-refractivity contribution in [3.63, 3.8) is 0 Å². The lowest BCUT2D eigenvalue weighted by Crippen LogP contribution is -2.35. The van der Waals surface area contributed by atoms with E-state index in [0.29, 0.717) is 12.5 Å². The zero-order valence-corrected chi connectivity index (χ0v) is 9.07. The first-order valence-corrected chi connectivity index (χ1v) is 5.05. The van der Waals surface area contributed by atoms with Crippen LogP contribution in [0.4, 0.5) is 0 Å². The van der Waals surface area contributed by atoms with Crippen LogP contribution in [0.25, 0.3) is 0 Å². The van der Waals surface area contributed by atoms with Crippen LogP contribution in [0.1, 0.15) is 19.4 Å². The van der Waals surface area contributed by atoms with Gasteiger partial charge >= 0.3 is 0 Å². The van der Waals surface area contributed by atoms with Crippen molar-refractivity contribution < 1.29 is 5.11 Å². The second kappa shape index (κ2) is 5.38. The molecular weight excluding hydrogens is 188 g/mol. The molecule has 80 valence electrons. The molecule has 0 aliphatic carbocycles. The monoisotopic (exact) mass is 204 g/mol. The topological polar surface area (TPSA) is 56.0 Å². The molecule has 1 aromatic rings. The van der Waals surface area contributed by atoms with E-state index >= 15 is 0 Å². The molecule has 15 heavy (non-hydrogen) atoms. The molecule has 0 spiro atoms. The van der Waals surface area contributed by atoms with Gasteiger partial charge in [0.15, 0.2) is 0 Å². The van der Waals surface area contributed by atoms with E-state index in [2.05, 4.69) is 11.4 Å². The summed E-state index contributed by atoms with van der Waals surface area (Å²) < 4.78 is 0. The van der Waals surface area contributed by atoms with Crippen LogP contribution >= 0.6 is 0 Å². The van der Waals surface area contributed by atoms with Gasteiger partial charge < -0.3 is 5.11 Å². The highest BCUT2D eigenvalue weighted by Gasteiger charge is 2.09. The lowest BCUT2D eigenvalue weighted by atomic mass is 10.1. The molecule has 1 atom stereocenters. The summed E-state index contributed by atoms with van der Waals surface area (Å²) in [4.78, 5) is 0. The summed E-state index contributed by atoms with van der Waals surface area (Å²) in [6.07, 6.45) is 0.662. The van der Waals surface area contributed by atoms with Gasteiger partial charge in [0.1, 0.15) is 5.75 Å². The van der Waals surface area contributed by atoms with E-state index in [1.807, 2.05) is 26.0 Å². The Hall–Kier alpha value is -1.53. The van der Waals surface area contributed by atoms with Gasteiger partial charge in [-0.3, -0.25) is 5.32 Å². The first-order chi connectivity index (χ1) is 7.11. The average molecular weight is 204 g/mol. The van der Waals surface area contributed by atoms with Crippen molar-refractivity contribution >= 4 is 0 Å². The number of hydrogen-bond acceptors (Lipinski definition) is 3. The second-order valence-corrected chi connectivity index (χ2v) is 3.87. The van der Waals surface area contributed by atoms with Gasteiger partial charge in [0.05, 0.1) is 12.1 Å². The van der Waals surface area contributed by atoms with E-state index in [0.717, 1.165) is 5.56 Å². The largest absolute Gasteiger partial charge is 0.508 e. The number of aromatic hydroxyl groups is 1. The lowest BCUT2D eigenvalue weighted by Gasteiger charge is -2.14. The fourth-order valence-electron chi connectivity index (χ4n) is 1.41. The number of nitrogens with zero attached hydrogens (tertiary/aromatic N) is 1. The van der Waals surface area contributed by atoms with Gasteiger partial charge in [-0.2, -0.15) is 5.26 Å². The first kappa shape index (κ1) is 11.5. The summed E-state index contributed by atoms with van der Waals surface area (Å²) in [7, 11) is 0. The van der Waals surface area contributed by atoms with Crippen LogP contribution in [0.2, 0.25) is 0 Å². The van der Waals surface area contributed by atoms with Crippen LogP contribution in [0, 0.1) is 11.3 Å². The summed E-state index contributed by atoms with van der Waals surface area (Å²) in [6, 6.07) is 9.30. The quantitative estimate of drug-likeness (QED) is 0.786. The van der Waals surface area contributed by atoms with Crippen molar-refractivity contribution in [3.8, 4) is 11.8 Å². The number of hydrogen-bond donors (Lipinski definition) is 2. The molecule has 1 unspecified atom stereocenters. The molecule has 3 nitrogen and oxygen atoms in total. The third-order valence-electron chi connectivity index (χ3n) is 2.07. The fraction of sp³-hybridized carbons (Fsp3) is 0.417. The summed E-state index contributed by atoms with van der Waals surface area (Å²) >= 11 is 0. The Bertz CT molecular complexity index is 338. The van der Waals surface area contributed by atoms with Crippen LogP contribution < -0.4 is 5.32 Å². The number of nitrogens with one attached hydrogen (secondary N) is 1. The molecule has 0 bridgehead atoms. The third-order valence-corrected chi connectivity index (χ3v) is 2.07. The van der Waals surface area contributed by atoms with Crippen molar-refractivity contribution in [2.45, 2.75) is 32.4 Å². The molecule has 0 heterocycles. The predicted molar refractivity (Wildman–Crippen MR) is 59.5 cm³/mol. The Morgan fingerprint density at radius 2 is 1.93 bits per heavy atom. The number of phenols is 1. The molecular formula is C12H16N2O. The second-order valence-electron chi connectivity index (χ2n) is 3.87. The predicted octanol–water partition coefficient (Wildman–Crippen LogP) is 1.82. The van der Waals surface area contributed by atoms with E-state index in [1.165, 1.54) is 0 Å². The number of rotatable bonds is 4. The van der Waals surface area contributed by atoms with Crippen molar-refractivity contribution in [1.82, 2.24) is 5.32 Å².